The van der Waals surface area contributed by atoms with E-state index in [9.17, 15) is 23.0 Å². The van der Waals surface area contributed by atoms with E-state index >= 15 is 4.39 Å². The lowest BCUT2D eigenvalue weighted by molar-refractivity contribution is -0.135. The molecule has 0 saturated heterocycles. The summed E-state index contributed by atoms with van der Waals surface area (Å²) < 4.78 is 42.4. The summed E-state index contributed by atoms with van der Waals surface area (Å²) in [5.74, 6) is -3.75. The molecule has 0 spiro atoms. The molecule has 9 heteroatoms. The van der Waals surface area contributed by atoms with Crippen LogP contribution in [0, 0.1) is 34.8 Å². The highest BCUT2D eigenvalue weighted by molar-refractivity contribution is 7.85. The van der Waals surface area contributed by atoms with Crippen LogP contribution in [-0.2, 0) is 31.6 Å². The van der Waals surface area contributed by atoms with Gasteiger partial charge in [0, 0.05) is 29.1 Å². The Morgan fingerprint density at radius 2 is 1.72 bits per heavy atom. The van der Waals surface area contributed by atoms with Crippen LogP contribution in [0.1, 0.15) is 57.1 Å². The SMILES string of the molecule is CC(C)(C)[C@H](C1CC(c2cc(F)ccc2F)CC1Cc1ccccc1)N(CCCN)C(=O)CS(=O)CC1C(=O)C=CC1=O. The molecule has 0 aromatic heterocycles. The molecule has 2 aromatic carbocycles. The number of carbonyl (C=O) groups is 3. The highest BCUT2D eigenvalue weighted by atomic mass is 32.2. The van der Waals surface area contributed by atoms with Crippen LogP contribution < -0.4 is 5.73 Å². The summed E-state index contributed by atoms with van der Waals surface area (Å²) in [5, 5.41) is 0. The van der Waals surface area contributed by atoms with E-state index < -0.39 is 33.8 Å². The molecule has 0 aliphatic heterocycles. The van der Waals surface area contributed by atoms with Gasteiger partial charge in [0.15, 0.2) is 11.6 Å². The number of nitrogens with two attached hydrogens (primary N) is 1. The van der Waals surface area contributed by atoms with Gasteiger partial charge >= 0.3 is 0 Å². The molecule has 232 valence electrons. The lowest BCUT2D eigenvalue weighted by Crippen LogP contribution is -2.54. The average molecular weight is 613 g/mol. The van der Waals surface area contributed by atoms with Crippen LogP contribution in [-0.4, -0.2) is 57.2 Å². The summed E-state index contributed by atoms with van der Waals surface area (Å²) in [6.45, 7) is 6.90. The zero-order valence-electron chi connectivity index (χ0n) is 25.1. The Hall–Kier alpha value is -3.04. The van der Waals surface area contributed by atoms with Gasteiger partial charge in [0.2, 0.25) is 5.91 Å². The van der Waals surface area contributed by atoms with Gasteiger partial charge in [-0.3, -0.25) is 18.6 Å². The van der Waals surface area contributed by atoms with Crippen LogP contribution in [0.2, 0.25) is 0 Å². The standard InChI is InChI=1S/C34H42F2N2O4S/c1-34(2,3)33(38(15-7-14-37)32(41)21-43(42)20-28-30(39)12-13-31(28)40)27-18-24(26-19-25(35)10-11-29(26)36)17-23(27)16-22-8-5-4-6-9-22/h4-6,8-13,19,23-24,27-28,33H,7,14-18,20-21,37H2,1-3H3/t23?,24?,27?,33-,43?/m0/s1. The number of hydrogen-bond donors (Lipinski definition) is 1. The van der Waals surface area contributed by atoms with Crippen LogP contribution in [0.25, 0.3) is 0 Å². The third-order valence-corrected chi connectivity index (χ3v) is 10.0. The van der Waals surface area contributed by atoms with Crippen molar-refractivity contribution in [3.63, 3.8) is 0 Å². The lowest BCUT2D eigenvalue weighted by Gasteiger charge is -2.46. The zero-order chi connectivity index (χ0) is 31.3. The third-order valence-electron chi connectivity index (χ3n) is 8.78. The second-order valence-electron chi connectivity index (χ2n) is 12.9. The molecule has 0 radical (unpaired) electrons. The number of hydrogen-bond acceptors (Lipinski definition) is 5. The molecule has 5 atom stereocenters. The average Bonchev–Trinajstić information content (AvgIpc) is 3.49. The molecule has 1 saturated carbocycles. The van der Waals surface area contributed by atoms with Gasteiger partial charge < -0.3 is 10.6 Å². The van der Waals surface area contributed by atoms with Crippen LogP contribution in [0.5, 0.6) is 0 Å². The Balaban J connectivity index is 1.66. The van der Waals surface area contributed by atoms with Crippen molar-refractivity contribution in [2.45, 2.75) is 58.4 Å². The Labute approximate surface area is 255 Å². The molecule has 0 bridgehead atoms. The first kappa shape index (κ1) is 32.9. The molecule has 1 fully saturated rings. The molecule has 2 N–H and O–H groups in total. The van der Waals surface area contributed by atoms with E-state index in [0.29, 0.717) is 37.9 Å². The van der Waals surface area contributed by atoms with E-state index in [1.807, 2.05) is 18.2 Å². The zero-order valence-corrected chi connectivity index (χ0v) is 26.0. The first-order valence-corrected chi connectivity index (χ1v) is 16.5. The van der Waals surface area contributed by atoms with Crippen molar-refractivity contribution >= 4 is 28.3 Å². The molecule has 4 rings (SSSR count). The summed E-state index contributed by atoms with van der Waals surface area (Å²) in [6.07, 6.45) is 4.84. The second kappa shape index (κ2) is 14.2. The summed E-state index contributed by atoms with van der Waals surface area (Å²) >= 11 is 0. The number of ketones is 2. The van der Waals surface area contributed by atoms with Crippen molar-refractivity contribution in [2.75, 3.05) is 24.6 Å². The van der Waals surface area contributed by atoms with Crippen LogP contribution in [0.15, 0.2) is 60.7 Å². The van der Waals surface area contributed by atoms with Crippen molar-refractivity contribution in [1.82, 2.24) is 4.90 Å². The highest BCUT2D eigenvalue weighted by Gasteiger charge is 2.47. The smallest absolute Gasteiger partial charge is 0.235 e. The molecule has 2 aliphatic rings. The molecule has 2 aromatic rings. The minimum absolute atomic E-state index is 0.0646. The summed E-state index contributed by atoms with van der Waals surface area (Å²) in [6, 6.07) is 13.3. The maximum atomic E-state index is 15.0. The van der Waals surface area contributed by atoms with E-state index in [4.69, 9.17) is 5.73 Å². The fraction of sp³-hybridized carbons (Fsp3) is 0.500. The normalized spacial score (nSPS) is 22.2. The number of allylic oxidation sites excluding steroid dienone is 2. The van der Waals surface area contributed by atoms with Gasteiger partial charge in [0.25, 0.3) is 0 Å². The van der Waals surface area contributed by atoms with E-state index in [-0.39, 0.29) is 52.8 Å². The van der Waals surface area contributed by atoms with Gasteiger partial charge in [-0.1, -0.05) is 51.1 Å². The number of carbonyl (C=O) groups excluding carboxylic acids is 3. The summed E-state index contributed by atoms with van der Waals surface area (Å²) in [7, 11) is -1.73. The Kier molecular flexibility index (Phi) is 10.8. The van der Waals surface area contributed by atoms with Crippen LogP contribution in [0.3, 0.4) is 0 Å². The van der Waals surface area contributed by atoms with Crippen molar-refractivity contribution in [3.8, 4) is 0 Å². The Bertz CT molecular complexity index is 1360. The topological polar surface area (TPSA) is 97.5 Å². The molecule has 2 aliphatic carbocycles. The number of amides is 1. The number of halogens is 2. The fourth-order valence-corrected chi connectivity index (χ4v) is 8.22. The Morgan fingerprint density at radius 3 is 2.35 bits per heavy atom. The minimum Gasteiger partial charge on any atom is -0.338 e. The minimum atomic E-state index is -1.73. The van der Waals surface area contributed by atoms with Gasteiger partial charge in [-0.2, -0.15) is 0 Å². The van der Waals surface area contributed by atoms with Gasteiger partial charge in [-0.25, -0.2) is 8.78 Å². The molecule has 43 heavy (non-hydrogen) atoms. The highest BCUT2D eigenvalue weighted by Crippen LogP contribution is 2.50. The molecule has 4 unspecified atom stereocenters. The van der Waals surface area contributed by atoms with Gasteiger partial charge in [0.05, 0.1) is 5.92 Å². The number of benzene rings is 2. The predicted molar refractivity (Wildman–Crippen MR) is 165 cm³/mol. The largest absolute Gasteiger partial charge is 0.338 e. The van der Waals surface area contributed by atoms with Gasteiger partial charge in [0.1, 0.15) is 17.4 Å². The predicted octanol–water partition coefficient (Wildman–Crippen LogP) is 4.98. The molecule has 6 nitrogen and oxygen atoms in total. The summed E-state index contributed by atoms with van der Waals surface area (Å²) in [4.78, 5) is 39.9. The molecule has 1 amide bonds. The molecular formula is C34H42F2N2O4S. The maximum Gasteiger partial charge on any atom is 0.235 e. The van der Waals surface area contributed by atoms with Crippen LogP contribution >= 0.6 is 0 Å². The van der Waals surface area contributed by atoms with Crippen molar-refractivity contribution in [2.24, 2.45) is 28.9 Å². The monoisotopic (exact) mass is 612 g/mol. The summed E-state index contributed by atoms with van der Waals surface area (Å²) in [5.41, 5.74) is 6.95. The van der Waals surface area contributed by atoms with Crippen molar-refractivity contribution < 1.29 is 27.4 Å². The van der Waals surface area contributed by atoms with Gasteiger partial charge in [-0.15, -0.1) is 0 Å². The Morgan fingerprint density at radius 1 is 1.05 bits per heavy atom. The van der Waals surface area contributed by atoms with Gasteiger partial charge in [-0.05, 0) is 96.9 Å². The quantitative estimate of drug-likeness (QED) is 0.341. The molecule has 0 heterocycles. The van der Waals surface area contributed by atoms with E-state index in [1.54, 1.807) is 4.90 Å². The second-order valence-corrected chi connectivity index (χ2v) is 14.4. The third kappa shape index (κ3) is 8.12. The van der Waals surface area contributed by atoms with E-state index in [1.165, 1.54) is 24.3 Å². The van der Waals surface area contributed by atoms with E-state index in [0.717, 1.165) is 18.1 Å². The lowest BCUT2D eigenvalue weighted by atomic mass is 9.72. The number of rotatable bonds is 12. The van der Waals surface area contributed by atoms with Crippen molar-refractivity contribution in [1.29, 1.82) is 0 Å². The fourth-order valence-electron chi connectivity index (χ4n) is 6.97. The first-order chi connectivity index (χ1) is 20.4. The first-order valence-electron chi connectivity index (χ1n) is 15.0. The molecular weight excluding hydrogens is 570 g/mol. The number of nitrogens with zero attached hydrogens (tertiary/aromatic N) is 1. The van der Waals surface area contributed by atoms with Crippen molar-refractivity contribution in [3.05, 3.63) is 83.4 Å². The van der Waals surface area contributed by atoms with Crippen LogP contribution in [0.4, 0.5) is 8.78 Å². The maximum absolute atomic E-state index is 15.0. The van der Waals surface area contributed by atoms with E-state index in [2.05, 4.69) is 32.9 Å².